The Hall–Kier alpha value is -1.89. The van der Waals surface area contributed by atoms with Crippen LogP contribution in [0.25, 0.3) is 11.2 Å². The molecule has 0 unspecified atom stereocenters. The highest BCUT2D eigenvalue weighted by molar-refractivity contribution is 5.81. The number of fused-ring (bicyclic) bond motifs is 1. The summed E-state index contributed by atoms with van der Waals surface area (Å²) in [5, 5.41) is 47.1. The molecule has 1 saturated heterocycles. The molecular weight excluding hydrogens is 286 g/mol. The zero-order valence-corrected chi connectivity index (χ0v) is 10.5. The second-order valence-corrected chi connectivity index (χ2v) is 4.70. The summed E-state index contributed by atoms with van der Waals surface area (Å²) in [5.74, 6) is -3.19. The highest BCUT2D eigenvalue weighted by Gasteiger charge is 2.53. The first-order valence-corrected chi connectivity index (χ1v) is 5.92. The third-order valence-corrected chi connectivity index (χ3v) is 3.28. The average Bonchev–Trinajstić information content (AvgIpc) is 2.93. The molecule has 0 saturated carbocycles. The van der Waals surface area contributed by atoms with E-state index in [2.05, 4.69) is 15.0 Å². The van der Waals surface area contributed by atoms with Crippen LogP contribution in [0.3, 0.4) is 0 Å². The third-order valence-electron chi connectivity index (χ3n) is 3.28. The summed E-state index contributed by atoms with van der Waals surface area (Å²) in [7, 11) is 0. The van der Waals surface area contributed by atoms with Gasteiger partial charge in [0.1, 0.15) is 24.1 Å². The van der Waals surface area contributed by atoms with Crippen molar-refractivity contribution in [3.8, 4) is 0 Å². The maximum Gasteiger partial charge on any atom is 0.306 e. The first kappa shape index (κ1) is 14.1. The number of hydrogen-bond acceptors (Lipinski definition) is 10. The molecule has 7 N–H and O–H groups in total. The molecule has 0 radical (unpaired) electrons. The molecule has 21 heavy (non-hydrogen) atoms. The largest absolute Gasteiger partial charge is 0.387 e. The smallest absolute Gasteiger partial charge is 0.306 e. The lowest BCUT2D eigenvalue weighted by Crippen LogP contribution is -2.49. The van der Waals surface area contributed by atoms with Crippen LogP contribution in [-0.4, -0.2) is 69.3 Å². The van der Waals surface area contributed by atoms with Gasteiger partial charge in [-0.3, -0.25) is 4.57 Å². The van der Waals surface area contributed by atoms with Crippen LogP contribution in [0.4, 0.5) is 5.82 Å². The van der Waals surface area contributed by atoms with E-state index in [1.165, 1.54) is 17.2 Å². The predicted molar refractivity (Wildman–Crippen MR) is 65.0 cm³/mol. The Morgan fingerprint density at radius 3 is 2.48 bits per heavy atom. The molecule has 1 fully saturated rings. The zero-order chi connectivity index (χ0) is 15.4. The van der Waals surface area contributed by atoms with Gasteiger partial charge in [-0.05, 0) is 0 Å². The zero-order valence-electron chi connectivity index (χ0n) is 10.5. The molecule has 1 aliphatic rings. The van der Waals surface area contributed by atoms with Gasteiger partial charge in [-0.2, -0.15) is 0 Å². The molecule has 0 spiro atoms. The second-order valence-electron chi connectivity index (χ2n) is 4.70. The number of nitrogens with zero attached hydrogens (tertiary/aromatic N) is 4. The highest BCUT2D eigenvalue weighted by Crippen LogP contribution is 2.34. The standard InChI is InChI=1S/C10H13N5O6/c11-7-3-8(13-1-12-7)15(2-14-3)9-5(17)4(16)6(21-9)10(18,19)20/h1-2,4-6,9,16-20H,(H2,11,12,13)/t4-,5+,6-,9+/m0/s1. The van der Waals surface area contributed by atoms with E-state index in [1.54, 1.807) is 0 Å². The van der Waals surface area contributed by atoms with E-state index in [-0.39, 0.29) is 17.0 Å². The van der Waals surface area contributed by atoms with Crippen LogP contribution in [0, 0.1) is 0 Å². The van der Waals surface area contributed by atoms with Gasteiger partial charge in [-0.1, -0.05) is 0 Å². The number of imidazole rings is 1. The number of aliphatic hydroxyl groups is 5. The Morgan fingerprint density at radius 1 is 1.14 bits per heavy atom. The molecule has 0 aliphatic carbocycles. The molecule has 114 valence electrons. The van der Waals surface area contributed by atoms with Crippen molar-refractivity contribution in [2.45, 2.75) is 30.5 Å². The van der Waals surface area contributed by atoms with Crippen molar-refractivity contribution in [1.29, 1.82) is 0 Å². The van der Waals surface area contributed by atoms with Gasteiger partial charge < -0.3 is 36.0 Å². The van der Waals surface area contributed by atoms with Crippen molar-refractivity contribution in [3.63, 3.8) is 0 Å². The fourth-order valence-electron chi connectivity index (χ4n) is 2.27. The molecule has 0 amide bonds. The van der Waals surface area contributed by atoms with Gasteiger partial charge >= 0.3 is 5.97 Å². The Bertz CT molecular complexity index is 669. The van der Waals surface area contributed by atoms with Crippen molar-refractivity contribution in [2.24, 2.45) is 0 Å². The number of nitrogen functional groups attached to an aromatic ring is 1. The van der Waals surface area contributed by atoms with Crippen LogP contribution in [0.15, 0.2) is 12.7 Å². The summed E-state index contributed by atoms with van der Waals surface area (Å²) in [6.07, 6.45) is -3.92. The number of hydrogen-bond donors (Lipinski definition) is 6. The minimum Gasteiger partial charge on any atom is -0.387 e. The quantitative estimate of drug-likeness (QED) is 0.307. The van der Waals surface area contributed by atoms with Crippen LogP contribution in [0.5, 0.6) is 0 Å². The molecule has 2 aromatic heterocycles. The van der Waals surface area contributed by atoms with Gasteiger partial charge in [-0.25, -0.2) is 15.0 Å². The summed E-state index contributed by atoms with van der Waals surface area (Å²) in [6.45, 7) is 0. The number of aliphatic hydroxyl groups excluding tert-OH is 2. The van der Waals surface area contributed by atoms with Crippen molar-refractivity contribution < 1.29 is 30.3 Å². The summed E-state index contributed by atoms with van der Waals surface area (Å²) in [5.41, 5.74) is 6.11. The van der Waals surface area contributed by atoms with Crippen molar-refractivity contribution in [1.82, 2.24) is 19.5 Å². The molecule has 4 atom stereocenters. The van der Waals surface area contributed by atoms with Gasteiger partial charge in [0.05, 0.1) is 6.33 Å². The van der Waals surface area contributed by atoms with Gasteiger partial charge in [0.25, 0.3) is 0 Å². The van der Waals surface area contributed by atoms with Crippen LogP contribution in [-0.2, 0) is 4.74 Å². The molecule has 0 bridgehead atoms. The predicted octanol–water partition coefficient (Wildman–Crippen LogP) is -3.34. The summed E-state index contributed by atoms with van der Waals surface area (Å²) >= 11 is 0. The van der Waals surface area contributed by atoms with Crippen LogP contribution >= 0.6 is 0 Å². The van der Waals surface area contributed by atoms with E-state index >= 15 is 0 Å². The van der Waals surface area contributed by atoms with Crippen molar-refractivity contribution in [2.75, 3.05) is 5.73 Å². The Kier molecular flexibility index (Phi) is 3.05. The number of nitrogens with two attached hydrogens (primary N) is 1. The van der Waals surface area contributed by atoms with Crippen molar-refractivity contribution >= 4 is 17.0 Å². The molecule has 3 heterocycles. The average molecular weight is 299 g/mol. The fourth-order valence-corrected chi connectivity index (χ4v) is 2.27. The number of ether oxygens (including phenoxy) is 1. The topological polar surface area (TPSA) is 180 Å². The first-order chi connectivity index (χ1) is 9.80. The van der Waals surface area contributed by atoms with Crippen LogP contribution in [0.2, 0.25) is 0 Å². The Labute approximate surface area is 116 Å². The second kappa shape index (κ2) is 4.56. The van der Waals surface area contributed by atoms with Crippen molar-refractivity contribution in [3.05, 3.63) is 12.7 Å². The van der Waals surface area contributed by atoms with Crippen LogP contribution < -0.4 is 5.73 Å². The van der Waals surface area contributed by atoms with Gasteiger partial charge in [0.2, 0.25) is 0 Å². The number of rotatable bonds is 2. The monoisotopic (exact) mass is 299 g/mol. The van der Waals surface area contributed by atoms with Gasteiger partial charge in [0.15, 0.2) is 23.8 Å². The molecule has 2 aromatic rings. The fraction of sp³-hybridized carbons (Fsp3) is 0.500. The molecule has 11 heteroatoms. The molecule has 1 aliphatic heterocycles. The normalized spacial score (nSPS) is 30.1. The lowest BCUT2D eigenvalue weighted by Gasteiger charge is -2.23. The first-order valence-electron chi connectivity index (χ1n) is 5.92. The van der Waals surface area contributed by atoms with Crippen LogP contribution in [0.1, 0.15) is 6.23 Å². The molecule has 0 aromatic carbocycles. The van der Waals surface area contributed by atoms with E-state index < -0.39 is 30.5 Å². The highest BCUT2D eigenvalue weighted by atomic mass is 16.7. The van der Waals surface area contributed by atoms with E-state index in [1.807, 2.05) is 0 Å². The Morgan fingerprint density at radius 2 is 1.86 bits per heavy atom. The summed E-state index contributed by atoms with van der Waals surface area (Å²) in [4.78, 5) is 11.7. The van der Waals surface area contributed by atoms with E-state index in [9.17, 15) is 10.2 Å². The number of anilines is 1. The molecule has 3 rings (SSSR count). The van der Waals surface area contributed by atoms with Gasteiger partial charge in [0, 0.05) is 0 Å². The lowest BCUT2D eigenvalue weighted by atomic mass is 10.1. The molecular formula is C10H13N5O6. The maximum atomic E-state index is 9.96. The minimum atomic E-state index is -3.31. The van der Waals surface area contributed by atoms with E-state index in [4.69, 9.17) is 25.8 Å². The summed E-state index contributed by atoms with van der Waals surface area (Å²) in [6, 6.07) is 0. The minimum absolute atomic E-state index is 0.115. The number of aromatic nitrogens is 4. The third kappa shape index (κ3) is 2.12. The maximum absolute atomic E-state index is 9.96. The lowest BCUT2D eigenvalue weighted by molar-refractivity contribution is -0.368. The van der Waals surface area contributed by atoms with Gasteiger partial charge in [-0.15, -0.1) is 0 Å². The van der Waals surface area contributed by atoms with E-state index in [0.29, 0.717) is 0 Å². The Balaban J connectivity index is 2.02. The van der Waals surface area contributed by atoms with E-state index in [0.717, 1.165) is 0 Å². The molecule has 11 nitrogen and oxygen atoms in total. The SMILES string of the molecule is Nc1ncnc2c1ncn2[C@@H]1O[C@H](C(O)(O)O)[C@@H](O)[C@H]1O. The summed E-state index contributed by atoms with van der Waals surface area (Å²) < 4.78 is 6.36.